The third kappa shape index (κ3) is 3.57. The summed E-state index contributed by atoms with van der Waals surface area (Å²) in [7, 11) is 0. The van der Waals surface area contributed by atoms with Crippen molar-refractivity contribution in [2.24, 2.45) is 0 Å². The molecular formula is C21H17N3O2S. The minimum atomic E-state index is -0.302. The second-order valence-electron chi connectivity index (χ2n) is 5.94. The summed E-state index contributed by atoms with van der Waals surface area (Å²) < 4.78 is 7.43. The van der Waals surface area contributed by atoms with Gasteiger partial charge in [0, 0.05) is 11.3 Å². The smallest absolute Gasteiger partial charge is 0.205 e. The summed E-state index contributed by atoms with van der Waals surface area (Å²) >= 11 is 1.38. The molecule has 6 heteroatoms. The molecule has 4 aromatic rings. The van der Waals surface area contributed by atoms with Crippen LogP contribution in [-0.4, -0.2) is 25.8 Å². The first-order chi connectivity index (χ1) is 13.2. The molecule has 27 heavy (non-hydrogen) atoms. The van der Waals surface area contributed by atoms with E-state index in [0.29, 0.717) is 22.3 Å². The van der Waals surface area contributed by atoms with Gasteiger partial charge in [0.25, 0.3) is 0 Å². The number of nitrogens with zero attached hydrogens (tertiary/aromatic N) is 3. The van der Waals surface area contributed by atoms with E-state index >= 15 is 0 Å². The largest absolute Gasteiger partial charge is 0.461 e. The molecule has 2 heterocycles. The van der Waals surface area contributed by atoms with Crippen LogP contribution in [0, 0.1) is 0 Å². The van der Waals surface area contributed by atoms with Crippen molar-refractivity contribution in [3.8, 4) is 17.3 Å². The van der Waals surface area contributed by atoms with E-state index in [9.17, 15) is 4.79 Å². The maximum Gasteiger partial charge on any atom is 0.205 e. The van der Waals surface area contributed by atoms with Crippen LogP contribution in [-0.2, 0) is 0 Å². The minimum Gasteiger partial charge on any atom is -0.461 e. The number of carbonyl (C=O) groups is 1. The predicted octanol–water partition coefficient (Wildman–Crippen LogP) is 4.89. The predicted molar refractivity (Wildman–Crippen MR) is 105 cm³/mol. The molecule has 0 spiro atoms. The van der Waals surface area contributed by atoms with E-state index in [1.54, 1.807) is 6.26 Å². The molecular weight excluding hydrogens is 358 g/mol. The van der Waals surface area contributed by atoms with E-state index in [1.165, 1.54) is 11.8 Å². The quantitative estimate of drug-likeness (QED) is 0.355. The fraction of sp³-hybridized carbons (Fsp3) is 0.0952. The van der Waals surface area contributed by atoms with Crippen molar-refractivity contribution in [3.63, 3.8) is 0 Å². The number of ketones is 1. The van der Waals surface area contributed by atoms with Crippen molar-refractivity contribution >= 4 is 17.5 Å². The van der Waals surface area contributed by atoms with Gasteiger partial charge in [-0.25, -0.2) is 0 Å². The normalized spacial score (nSPS) is 12.0. The third-order valence-corrected chi connectivity index (χ3v) is 5.14. The topological polar surface area (TPSA) is 60.9 Å². The average Bonchev–Trinajstić information content (AvgIpc) is 3.38. The number of hydrogen-bond acceptors (Lipinski definition) is 5. The molecule has 0 radical (unpaired) electrons. The van der Waals surface area contributed by atoms with Gasteiger partial charge in [0.1, 0.15) is 0 Å². The maximum atomic E-state index is 12.7. The van der Waals surface area contributed by atoms with Crippen LogP contribution in [0.5, 0.6) is 0 Å². The second kappa shape index (κ2) is 7.63. The summed E-state index contributed by atoms with van der Waals surface area (Å²) in [5.74, 6) is 1.29. The molecule has 0 aliphatic heterocycles. The highest BCUT2D eigenvalue weighted by Crippen LogP contribution is 2.31. The van der Waals surface area contributed by atoms with Crippen LogP contribution in [0.25, 0.3) is 17.3 Å². The van der Waals surface area contributed by atoms with Gasteiger partial charge in [-0.3, -0.25) is 9.36 Å². The van der Waals surface area contributed by atoms with Gasteiger partial charge in [0.15, 0.2) is 16.7 Å². The molecule has 0 unspecified atom stereocenters. The van der Waals surface area contributed by atoms with Gasteiger partial charge in [0.2, 0.25) is 5.82 Å². The molecule has 1 atom stereocenters. The van der Waals surface area contributed by atoms with Gasteiger partial charge in [-0.15, -0.1) is 10.2 Å². The summed E-state index contributed by atoms with van der Waals surface area (Å²) in [5, 5.41) is 8.98. The molecule has 2 aromatic carbocycles. The van der Waals surface area contributed by atoms with Crippen LogP contribution in [0.15, 0.2) is 88.6 Å². The summed E-state index contributed by atoms with van der Waals surface area (Å²) in [6, 6.07) is 22.8. The SMILES string of the molecule is C[C@H](Sc1nnc(-c2ccco2)n1-c1ccccc1)C(=O)c1ccccc1. The van der Waals surface area contributed by atoms with Gasteiger partial charge in [-0.1, -0.05) is 60.3 Å². The number of carbonyl (C=O) groups excluding carboxylic acids is 1. The number of benzene rings is 2. The zero-order valence-corrected chi connectivity index (χ0v) is 15.5. The van der Waals surface area contributed by atoms with E-state index in [1.807, 2.05) is 84.3 Å². The standard InChI is InChI=1S/C21H17N3O2S/c1-15(19(25)16-9-4-2-5-10-16)27-21-23-22-20(18-13-8-14-26-18)24(21)17-11-6-3-7-12-17/h2-15H,1H3/t15-/m0/s1. The lowest BCUT2D eigenvalue weighted by atomic mass is 10.1. The molecule has 0 amide bonds. The Morgan fingerprint density at radius 2 is 1.67 bits per heavy atom. The molecule has 0 saturated carbocycles. The Labute approximate surface area is 161 Å². The van der Waals surface area contributed by atoms with Crippen LogP contribution in [0.3, 0.4) is 0 Å². The molecule has 134 valence electrons. The molecule has 5 nitrogen and oxygen atoms in total. The zero-order valence-electron chi connectivity index (χ0n) is 14.6. The van der Waals surface area contributed by atoms with E-state index in [2.05, 4.69) is 10.2 Å². The van der Waals surface area contributed by atoms with Gasteiger partial charge < -0.3 is 4.42 Å². The Balaban J connectivity index is 1.70. The van der Waals surface area contributed by atoms with Crippen LogP contribution in [0.4, 0.5) is 0 Å². The van der Waals surface area contributed by atoms with E-state index in [0.717, 1.165) is 5.69 Å². The number of hydrogen-bond donors (Lipinski definition) is 0. The molecule has 4 rings (SSSR count). The Hall–Kier alpha value is -3.12. The molecule has 0 N–H and O–H groups in total. The van der Waals surface area contributed by atoms with E-state index < -0.39 is 0 Å². The van der Waals surface area contributed by atoms with Gasteiger partial charge in [0.05, 0.1) is 11.5 Å². The van der Waals surface area contributed by atoms with Crippen LogP contribution in [0.2, 0.25) is 0 Å². The monoisotopic (exact) mass is 375 g/mol. The molecule has 2 aromatic heterocycles. The number of aromatic nitrogens is 3. The first kappa shape index (κ1) is 17.3. The highest BCUT2D eigenvalue weighted by atomic mass is 32.2. The summed E-state index contributed by atoms with van der Waals surface area (Å²) in [6.45, 7) is 1.89. The highest BCUT2D eigenvalue weighted by Gasteiger charge is 2.23. The van der Waals surface area contributed by atoms with Crippen LogP contribution in [0.1, 0.15) is 17.3 Å². The van der Waals surface area contributed by atoms with Crippen molar-refractivity contribution < 1.29 is 9.21 Å². The molecule has 0 saturated heterocycles. The number of Topliss-reactive ketones (excluding diaryl/α,β-unsaturated/α-hetero) is 1. The average molecular weight is 375 g/mol. The van der Waals surface area contributed by atoms with Gasteiger partial charge in [-0.2, -0.15) is 0 Å². The van der Waals surface area contributed by atoms with Crippen molar-refractivity contribution in [2.45, 2.75) is 17.3 Å². The van der Waals surface area contributed by atoms with E-state index in [-0.39, 0.29) is 11.0 Å². The second-order valence-corrected chi connectivity index (χ2v) is 7.25. The van der Waals surface area contributed by atoms with Crippen molar-refractivity contribution in [2.75, 3.05) is 0 Å². The molecule has 0 aliphatic rings. The first-order valence-corrected chi connectivity index (χ1v) is 9.42. The number of rotatable bonds is 6. The zero-order chi connectivity index (χ0) is 18.6. The first-order valence-electron chi connectivity index (χ1n) is 8.54. The van der Waals surface area contributed by atoms with Crippen LogP contribution >= 0.6 is 11.8 Å². The lowest BCUT2D eigenvalue weighted by Gasteiger charge is -2.12. The number of thioether (sulfide) groups is 1. The summed E-state index contributed by atoms with van der Waals surface area (Å²) in [6.07, 6.45) is 1.60. The molecule has 0 fully saturated rings. The molecule has 0 bridgehead atoms. The molecule has 0 aliphatic carbocycles. The fourth-order valence-corrected chi connectivity index (χ4v) is 3.71. The lowest BCUT2D eigenvalue weighted by molar-refractivity contribution is 0.0994. The summed E-state index contributed by atoms with van der Waals surface area (Å²) in [5.41, 5.74) is 1.60. The number of para-hydroxylation sites is 1. The Kier molecular flexibility index (Phi) is 4.89. The maximum absolute atomic E-state index is 12.7. The van der Waals surface area contributed by atoms with Gasteiger partial charge >= 0.3 is 0 Å². The Morgan fingerprint density at radius 3 is 2.33 bits per heavy atom. The van der Waals surface area contributed by atoms with Crippen LogP contribution < -0.4 is 0 Å². The van der Waals surface area contributed by atoms with Crippen molar-refractivity contribution in [1.29, 1.82) is 0 Å². The van der Waals surface area contributed by atoms with Crippen molar-refractivity contribution in [1.82, 2.24) is 14.8 Å². The van der Waals surface area contributed by atoms with Crippen molar-refractivity contribution in [3.05, 3.63) is 84.6 Å². The minimum absolute atomic E-state index is 0.0581. The third-order valence-electron chi connectivity index (χ3n) is 4.10. The Morgan fingerprint density at radius 1 is 0.963 bits per heavy atom. The lowest BCUT2D eigenvalue weighted by Crippen LogP contribution is -2.14. The fourth-order valence-electron chi connectivity index (χ4n) is 2.77. The van der Waals surface area contributed by atoms with E-state index in [4.69, 9.17) is 4.42 Å². The van der Waals surface area contributed by atoms with Gasteiger partial charge in [-0.05, 0) is 31.2 Å². The summed E-state index contributed by atoms with van der Waals surface area (Å²) in [4.78, 5) is 12.7. The highest BCUT2D eigenvalue weighted by molar-refractivity contribution is 8.00. The Bertz CT molecular complexity index is 1030. The number of furan rings is 1.